The van der Waals surface area contributed by atoms with Crippen LogP contribution in [0.1, 0.15) is 38.2 Å². The van der Waals surface area contributed by atoms with Gasteiger partial charge in [0.1, 0.15) is 11.5 Å². The van der Waals surface area contributed by atoms with E-state index in [1.165, 1.54) is 0 Å². The third-order valence-electron chi connectivity index (χ3n) is 4.32. The lowest BCUT2D eigenvalue weighted by molar-refractivity contribution is 0.0726. The average Bonchev–Trinajstić information content (AvgIpc) is 2.91. The van der Waals surface area contributed by atoms with Gasteiger partial charge in [0.15, 0.2) is 0 Å². The average molecular weight is 343 g/mol. The second-order valence-corrected chi connectivity index (χ2v) is 6.65. The van der Waals surface area contributed by atoms with Crippen LogP contribution in [0, 0.1) is 6.92 Å². The number of halogens is 2. The Morgan fingerprint density at radius 3 is 2.54 bits per heavy atom. The van der Waals surface area contributed by atoms with Crippen molar-refractivity contribution in [2.24, 2.45) is 0 Å². The van der Waals surface area contributed by atoms with Crippen LogP contribution in [0.15, 0.2) is 16.5 Å². The Morgan fingerprint density at radius 1 is 1.38 bits per heavy atom. The van der Waals surface area contributed by atoms with Crippen molar-refractivity contribution in [3.8, 4) is 0 Å². The maximum atomic E-state index is 12.6. The number of carbonyl (C=O) groups is 1. The highest BCUT2D eigenvalue weighted by atomic mass is 19.3. The molecule has 2 rings (SSSR count). The molecule has 0 bridgehead atoms. The first-order valence-electron chi connectivity index (χ1n) is 8.48. The molecule has 1 aromatic heterocycles. The van der Waals surface area contributed by atoms with Gasteiger partial charge in [-0.05, 0) is 45.7 Å². The number of likely N-dealkylation sites (tertiary alicyclic amines) is 1. The zero-order valence-electron chi connectivity index (χ0n) is 14.6. The van der Waals surface area contributed by atoms with E-state index in [1.807, 2.05) is 32.9 Å². The molecule has 24 heavy (non-hydrogen) atoms. The summed E-state index contributed by atoms with van der Waals surface area (Å²) in [5.74, 6) is 1.57. The molecule has 1 aliphatic rings. The lowest BCUT2D eigenvalue weighted by Gasteiger charge is -2.34. The lowest BCUT2D eigenvalue weighted by Crippen LogP contribution is -2.51. The Morgan fingerprint density at radius 2 is 2.04 bits per heavy atom. The summed E-state index contributed by atoms with van der Waals surface area (Å²) in [5, 5.41) is 3.03. The minimum atomic E-state index is -2.30. The molecule has 1 N–H and O–H groups in total. The predicted molar refractivity (Wildman–Crippen MR) is 88.1 cm³/mol. The molecule has 0 unspecified atom stereocenters. The van der Waals surface area contributed by atoms with Gasteiger partial charge in [0.25, 0.3) is 6.43 Å². The highest BCUT2D eigenvalue weighted by molar-refractivity contribution is 5.74. The zero-order chi connectivity index (χ0) is 17.7. The van der Waals surface area contributed by atoms with Crippen molar-refractivity contribution in [1.29, 1.82) is 0 Å². The summed E-state index contributed by atoms with van der Waals surface area (Å²) < 4.78 is 30.4. The molecule has 2 heterocycles. The molecule has 1 aromatic rings. The molecule has 0 saturated carbocycles. The van der Waals surface area contributed by atoms with Gasteiger partial charge in [-0.25, -0.2) is 13.6 Å². The molecule has 1 fully saturated rings. The number of rotatable bonds is 6. The first kappa shape index (κ1) is 18.7. The van der Waals surface area contributed by atoms with Crippen LogP contribution in [0.2, 0.25) is 0 Å². The standard InChI is InChI=1S/C17H27F2N3O2/c1-12(2)22(10-15-5-4-13(3)24-15)17(23)20-14-6-8-21(9-7-14)11-16(18)19/h4-5,12,14,16H,6-11H2,1-3H3,(H,20,23). The topological polar surface area (TPSA) is 48.7 Å². The first-order chi connectivity index (χ1) is 11.3. The summed E-state index contributed by atoms with van der Waals surface area (Å²) in [7, 11) is 0. The SMILES string of the molecule is Cc1ccc(CN(C(=O)NC2CCN(CC(F)F)CC2)C(C)C)o1. The van der Waals surface area contributed by atoms with Crippen LogP contribution in [0.25, 0.3) is 0 Å². The Labute approximate surface area is 142 Å². The summed E-state index contributed by atoms with van der Waals surface area (Å²) in [6.45, 7) is 7.21. The van der Waals surface area contributed by atoms with E-state index in [1.54, 1.807) is 9.80 Å². The largest absolute Gasteiger partial charge is 0.464 e. The second kappa shape index (κ2) is 8.46. The van der Waals surface area contributed by atoms with Crippen molar-refractivity contribution in [3.63, 3.8) is 0 Å². The number of nitrogens with zero attached hydrogens (tertiary/aromatic N) is 2. The monoisotopic (exact) mass is 343 g/mol. The predicted octanol–water partition coefficient (Wildman–Crippen LogP) is 3.24. The fourth-order valence-corrected chi connectivity index (χ4v) is 2.94. The fourth-order valence-electron chi connectivity index (χ4n) is 2.94. The van der Waals surface area contributed by atoms with E-state index in [0.717, 1.165) is 11.5 Å². The second-order valence-electron chi connectivity index (χ2n) is 6.65. The quantitative estimate of drug-likeness (QED) is 0.863. The van der Waals surface area contributed by atoms with Crippen molar-refractivity contribution >= 4 is 6.03 Å². The van der Waals surface area contributed by atoms with Crippen molar-refractivity contribution in [3.05, 3.63) is 23.7 Å². The zero-order valence-corrected chi connectivity index (χ0v) is 14.6. The Bertz CT molecular complexity index is 526. The molecule has 0 aliphatic carbocycles. The molecular weight excluding hydrogens is 316 g/mol. The van der Waals surface area contributed by atoms with Gasteiger partial charge in [-0.2, -0.15) is 0 Å². The number of piperidine rings is 1. The van der Waals surface area contributed by atoms with E-state index in [4.69, 9.17) is 4.42 Å². The van der Waals surface area contributed by atoms with Crippen LogP contribution >= 0.6 is 0 Å². The number of amides is 2. The van der Waals surface area contributed by atoms with Gasteiger partial charge < -0.3 is 14.6 Å². The normalized spacial score (nSPS) is 16.8. The van der Waals surface area contributed by atoms with Gasteiger partial charge in [-0.15, -0.1) is 0 Å². The first-order valence-corrected chi connectivity index (χ1v) is 8.48. The summed E-state index contributed by atoms with van der Waals surface area (Å²) in [6.07, 6.45) is -0.904. The molecule has 1 saturated heterocycles. The third-order valence-corrected chi connectivity index (χ3v) is 4.32. The minimum absolute atomic E-state index is 0.0333. The van der Waals surface area contributed by atoms with Crippen LogP contribution < -0.4 is 5.32 Å². The molecule has 5 nitrogen and oxygen atoms in total. The maximum absolute atomic E-state index is 12.6. The molecule has 1 aliphatic heterocycles. The minimum Gasteiger partial charge on any atom is -0.464 e. The third kappa shape index (κ3) is 5.47. The number of urea groups is 1. The van der Waals surface area contributed by atoms with Crippen LogP contribution in [-0.4, -0.2) is 54.0 Å². The van der Waals surface area contributed by atoms with E-state index in [0.29, 0.717) is 32.5 Å². The summed E-state index contributed by atoms with van der Waals surface area (Å²) >= 11 is 0. The molecule has 0 aromatic carbocycles. The summed E-state index contributed by atoms with van der Waals surface area (Å²) in [6, 6.07) is 3.69. The Balaban J connectivity index is 1.85. The van der Waals surface area contributed by atoms with E-state index in [2.05, 4.69) is 5.32 Å². The number of hydrogen-bond donors (Lipinski definition) is 1. The van der Waals surface area contributed by atoms with Crippen LogP contribution in [0.5, 0.6) is 0 Å². The van der Waals surface area contributed by atoms with Gasteiger partial charge in [0.05, 0.1) is 13.1 Å². The van der Waals surface area contributed by atoms with Crippen molar-refractivity contribution in [2.45, 2.75) is 58.7 Å². The molecule has 0 radical (unpaired) electrons. The number of carbonyl (C=O) groups excluding carboxylic acids is 1. The van der Waals surface area contributed by atoms with Crippen molar-refractivity contribution in [2.75, 3.05) is 19.6 Å². The highest BCUT2D eigenvalue weighted by Gasteiger charge is 2.25. The van der Waals surface area contributed by atoms with Gasteiger partial charge in [-0.1, -0.05) is 0 Å². The van der Waals surface area contributed by atoms with E-state index >= 15 is 0 Å². The van der Waals surface area contributed by atoms with Gasteiger partial charge >= 0.3 is 6.03 Å². The molecule has 136 valence electrons. The Kier molecular flexibility index (Phi) is 6.60. The number of hydrogen-bond acceptors (Lipinski definition) is 3. The maximum Gasteiger partial charge on any atom is 0.318 e. The van der Waals surface area contributed by atoms with E-state index in [-0.39, 0.29) is 24.7 Å². The highest BCUT2D eigenvalue weighted by Crippen LogP contribution is 2.15. The molecule has 7 heteroatoms. The summed E-state index contributed by atoms with van der Waals surface area (Å²) in [4.78, 5) is 16.0. The molecule has 0 spiro atoms. The number of aryl methyl sites for hydroxylation is 1. The number of alkyl halides is 2. The fraction of sp³-hybridized carbons (Fsp3) is 0.706. The van der Waals surface area contributed by atoms with Crippen molar-refractivity contribution < 1.29 is 18.0 Å². The van der Waals surface area contributed by atoms with Gasteiger partial charge in [-0.3, -0.25) is 4.90 Å². The van der Waals surface area contributed by atoms with Crippen LogP contribution in [-0.2, 0) is 6.54 Å². The van der Waals surface area contributed by atoms with E-state index in [9.17, 15) is 13.6 Å². The van der Waals surface area contributed by atoms with Gasteiger partial charge in [0, 0.05) is 25.2 Å². The number of nitrogens with one attached hydrogen (secondary N) is 1. The van der Waals surface area contributed by atoms with Gasteiger partial charge in [0.2, 0.25) is 0 Å². The smallest absolute Gasteiger partial charge is 0.318 e. The molecular formula is C17H27F2N3O2. The van der Waals surface area contributed by atoms with Crippen LogP contribution in [0.3, 0.4) is 0 Å². The lowest BCUT2D eigenvalue weighted by atomic mass is 10.1. The molecule has 0 atom stereocenters. The van der Waals surface area contributed by atoms with Crippen LogP contribution in [0.4, 0.5) is 13.6 Å². The Hall–Kier alpha value is -1.63. The summed E-state index contributed by atoms with van der Waals surface area (Å²) in [5.41, 5.74) is 0. The molecule has 2 amide bonds. The van der Waals surface area contributed by atoms with Crippen molar-refractivity contribution in [1.82, 2.24) is 15.1 Å². The number of furan rings is 1. The van der Waals surface area contributed by atoms with E-state index < -0.39 is 6.43 Å².